The average molecular weight is 979 g/mol. The number of carbonyl (C=O) groups excluding carboxylic acids is 2. The highest BCUT2D eigenvalue weighted by Gasteiger charge is 2.66. The van der Waals surface area contributed by atoms with E-state index >= 15 is 0 Å². The summed E-state index contributed by atoms with van der Waals surface area (Å²) in [4.78, 5) is 50.7. The quantitative estimate of drug-likeness (QED) is 0.171. The molecule has 0 bridgehead atoms. The van der Waals surface area contributed by atoms with Crippen molar-refractivity contribution >= 4 is 23.5 Å². The molecule has 70 heavy (non-hydrogen) atoms. The van der Waals surface area contributed by atoms with Gasteiger partial charge in [-0.15, -0.1) is 0 Å². The van der Waals surface area contributed by atoms with Crippen molar-refractivity contribution in [2.45, 2.75) is 240 Å². The van der Waals surface area contributed by atoms with Crippen LogP contribution in [0, 0.1) is 98.6 Å². The Morgan fingerprint density at radius 2 is 1.09 bits per heavy atom. The molecule has 0 aromatic heterocycles. The monoisotopic (exact) mass is 979 g/mol. The summed E-state index contributed by atoms with van der Waals surface area (Å²) in [7, 11) is 0. The first-order valence-corrected chi connectivity index (χ1v) is 29.1. The normalized spacial score (nSPS) is 48.1. The number of hydrogen-bond donors (Lipinski definition) is 2. The highest BCUT2D eigenvalue weighted by molar-refractivity contribution is 5.86. The Labute approximate surface area is 425 Å². The summed E-state index contributed by atoms with van der Waals surface area (Å²) >= 11 is 0. The number of carboxylic acids is 2. The summed E-state index contributed by atoms with van der Waals surface area (Å²) in [6.07, 6.45) is 22.5. The zero-order valence-corrected chi connectivity index (χ0v) is 44.6. The van der Waals surface area contributed by atoms with Gasteiger partial charge in [-0.25, -0.2) is 0 Å². The number of hydrogen-bond acceptors (Lipinski definition) is 8. The van der Waals surface area contributed by atoms with Gasteiger partial charge in [0.1, 0.15) is 11.6 Å². The van der Waals surface area contributed by atoms with E-state index in [1.807, 2.05) is 0 Å². The fourth-order valence-corrected chi connectivity index (χ4v) is 19.6. The third kappa shape index (κ3) is 9.92. The van der Waals surface area contributed by atoms with Gasteiger partial charge in [-0.1, -0.05) is 48.5 Å². The van der Waals surface area contributed by atoms with Gasteiger partial charge in [-0.2, -0.15) is 0 Å². The summed E-state index contributed by atoms with van der Waals surface area (Å²) in [5.41, 5.74) is 0.409. The second kappa shape index (κ2) is 21.4. The van der Waals surface area contributed by atoms with Gasteiger partial charge in [0.05, 0.1) is 12.2 Å². The van der Waals surface area contributed by atoms with E-state index in [0.717, 1.165) is 135 Å². The fourth-order valence-electron chi connectivity index (χ4n) is 19.6. The minimum atomic E-state index is -1.57. The standard InChI is InChI=1S/C31H50O5.C29H46O5/c1-5-21-25-18-20(36-27-8-6-7-17-35-27)13-15-31(25,4)24-14-16-30(3)22(19(2)9-12-26(32)33)10-11-23(30)28(24)29(21)34;1-18(7-10-25(31)32)21-8-9-22-27-23(12-14-29(21,22)3)28(2)13-11-20(16-19(28)17-24(27)30)34-26-6-4-5-15-33-26/h19-25,27-28H,5-18H2,1-4H3,(H,32,33);18-23,26-27H,4-17H2,1-3H3,(H,31,32)/t19-,20-,21?,22-,23+,24+,25+,27?,28+,30-,31-;18-,19+,20-,21-,22+,23+,26?,27+,28+,29-/m11/s1/i5D2;. The van der Waals surface area contributed by atoms with Gasteiger partial charge >= 0.3 is 11.9 Å². The number of fused-ring (bicyclic) bond motifs is 10. The average Bonchev–Trinajstić information content (AvgIpc) is 3.88. The molecule has 3 unspecified atom stereocenters. The molecule has 8 saturated carbocycles. The topological polar surface area (TPSA) is 146 Å². The van der Waals surface area contributed by atoms with Crippen LogP contribution in [0.1, 0.15) is 218 Å². The maximum absolute atomic E-state index is 14.5. The third-order valence-electron chi connectivity index (χ3n) is 23.4. The van der Waals surface area contributed by atoms with E-state index in [4.69, 9.17) is 21.7 Å². The Morgan fingerprint density at radius 3 is 1.59 bits per heavy atom. The maximum atomic E-state index is 14.5. The number of ether oxygens (including phenoxy) is 4. The largest absolute Gasteiger partial charge is 0.481 e. The smallest absolute Gasteiger partial charge is 0.303 e. The van der Waals surface area contributed by atoms with Crippen molar-refractivity contribution in [3.8, 4) is 0 Å². The molecule has 8 aliphatic carbocycles. The van der Waals surface area contributed by atoms with Crippen molar-refractivity contribution < 1.29 is 51.1 Å². The van der Waals surface area contributed by atoms with Crippen molar-refractivity contribution in [3.05, 3.63) is 0 Å². The molecule has 10 heteroatoms. The van der Waals surface area contributed by atoms with Crippen LogP contribution in [0.25, 0.3) is 0 Å². The number of ketones is 2. The van der Waals surface area contributed by atoms with Crippen LogP contribution in [0.15, 0.2) is 0 Å². The zero-order chi connectivity index (χ0) is 51.5. The molecule has 10 aliphatic rings. The van der Waals surface area contributed by atoms with Crippen LogP contribution < -0.4 is 0 Å². The molecule has 2 heterocycles. The maximum Gasteiger partial charge on any atom is 0.303 e. The summed E-state index contributed by atoms with van der Waals surface area (Å²) in [6.45, 7) is 17.3. The van der Waals surface area contributed by atoms with E-state index in [1.54, 1.807) is 6.92 Å². The number of carbonyl (C=O) groups is 4. The predicted molar refractivity (Wildman–Crippen MR) is 269 cm³/mol. The Morgan fingerprint density at radius 1 is 0.614 bits per heavy atom. The van der Waals surface area contributed by atoms with E-state index in [1.165, 1.54) is 19.3 Å². The minimum Gasteiger partial charge on any atom is -0.481 e. The van der Waals surface area contributed by atoms with Crippen LogP contribution in [-0.4, -0.2) is 71.7 Å². The number of carboxylic acid groups (broad SMARTS) is 2. The number of aliphatic carboxylic acids is 2. The number of Topliss-reactive ketones (excluding diaryl/α,β-unsaturated/α-hetero) is 2. The molecule has 0 amide bonds. The van der Waals surface area contributed by atoms with Crippen LogP contribution >= 0.6 is 0 Å². The Balaban J connectivity index is 0.000000179. The fraction of sp³-hybridized carbons (Fsp3) is 0.933. The van der Waals surface area contributed by atoms with Gasteiger partial charge in [-0.3, -0.25) is 19.2 Å². The SMILES string of the molecule is C[C@H](CCC(=O)O)[C@H]1CC[C@H]2[C@@H]3C(=O)C[C@@H]4C[C@H](OC5CCCCO5)CC[C@]4(C)[C@H]3CC[C@]12C.[2H]C([2H])(C)C1C(=O)[C@@H]2[C@H](CC[C@]3(C)[C@@H]([C@H](C)CCC(=O)O)CC[C@@H]23)[C@@]2(C)CC[C@@H](OC3CCCCO3)C[C@@H]12. The van der Waals surface area contributed by atoms with Gasteiger partial charge in [-0.05, 0) is 228 Å². The Bertz CT molecular complexity index is 1940. The van der Waals surface area contributed by atoms with Crippen molar-refractivity contribution in [2.75, 3.05) is 13.2 Å². The van der Waals surface area contributed by atoms with Crippen LogP contribution in [0.2, 0.25) is 0 Å². The van der Waals surface area contributed by atoms with Crippen LogP contribution in [0.5, 0.6) is 0 Å². The van der Waals surface area contributed by atoms with E-state index in [9.17, 15) is 29.4 Å². The minimum absolute atomic E-state index is 0.00497. The van der Waals surface area contributed by atoms with Crippen LogP contribution in [0.4, 0.5) is 0 Å². The first-order valence-electron chi connectivity index (χ1n) is 30.1. The second-order valence-corrected chi connectivity index (χ2v) is 26.6. The number of rotatable bonds is 13. The second-order valence-electron chi connectivity index (χ2n) is 26.6. The van der Waals surface area contributed by atoms with E-state index in [-0.39, 0.29) is 88.7 Å². The third-order valence-corrected chi connectivity index (χ3v) is 23.4. The Kier molecular flexibility index (Phi) is 15.4. The zero-order valence-electron chi connectivity index (χ0n) is 46.6. The summed E-state index contributed by atoms with van der Waals surface area (Å²) in [6, 6.07) is 0. The molecular formula is C60H96O10. The molecule has 0 spiro atoms. The lowest BCUT2D eigenvalue weighted by atomic mass is 9.42. The molecule has 10 nitrogen and oxygen atoms in total. The van der Waals surface area contributed by atoms with Gasteiger partial charge < -0.3 is 29.2 Å². The van der Waals surface area contributed by atoms with Gasteiger partial charge in [0.15, 0.2) is 12.6 Å². The molecule has 0 aromatic carbocycles. The van der Waals surface area contributed by atoms with Crippen molar-refractivity contribution in [1.29, 1.82) is 0 Å². The molecule has 396 valence electrons. The molecule has 2 aliphatic heterocycles. The lowest BCUT2D eigenvalue weighted by molar-refractivity contribution is -0.216. The molecule has 2 N–H and O–H groups in total. The Hall–Kier alpha value is -1.88. The molecule has 10 rings (SSSR count). The highest BCUT2D eigenvalue weighted by Crippen LogP contribution is 2.70. The lowest BCUT2D eigenvalue weighted by Crippen LogP contribution is -2.61. The van der Waals surface area contributed by atoms with E-state index in [2.05, 4.69) is 41.5 Å². The first kappa shape index (κ1) is 50.3. The van der Waals surface area contributed by atoms with Crippen molar-refractivity contribution in [2.24, 2.45) is 98.6 Å². The van der Waals surface area contributed by atoms with E-state index in [0.29, 0.717) is 59.5 Å². The molecule has 2 saturated heterocycles. The summed E-state index contributed by atoms with van der Waals surface area (Å²) < 4.78 is 42.2. The summed E-state index contributed by atoms with van der Waals surface area (Å²) in [5.74, 6) is 2.56. The van der Waals surface area contributed by atoms with Gasteiger partial charge in [0.25, 0.3) is 0 Å². The molecule has 10 fully saturated rings. The highest BCUT2D eigenvalue weighted by atomic mass is 16.7. The van der Waals surface area contributed by atoms with Crippen LogP contribution in [0.3, 0.4) is 0 Å². The molecular weight excluding hydrogens is 881 g/mol. The lowest BCUT2D eigenvalue weighted by Gasteiger charge is -2.62. The van der Waals surface area contributed by atoms with Gasteiger partial charge in [0.2, 0.25) is 0 Å². The molecule has 21 atom stereocenters. The summed E-state index contributed by atoms with van der Waals surface area (Å²) in [5, 5.41) is 18.4. The molecule has 0 aromatic rings. The first-order chi connectivity index (χ1) is 34.1. The van der Waals surface area contributed by atoms with Crippen molar-refractivity contribution in [1.82, 2.24) is 0 Å². The van der Waals surface area contributed by atoms with Gasteiger partial charge in [0, 0.05) is 53.0 Å². The predicted octanol–water partition coefficient (Wildman–Crippen LogP) is 13.1. The van der Waals surface area contributed by atoms with Crippen molar-refractivity contribution in [3.63, 3.8) is 0 Å². The van der Waals surface area contributed by atoms with Crippen LogP contribution in [-0.2, 0) is 38.1 Å². The molecule has 0 radical (unpaired) electrons. The van der Waals surface area contributed by atoms with E-state index < -0.39 is 24.2 Å².